The number of anilines is 1. The second-order valence-corrected chi connectivity index (χ2v) is 4.37. The van der Waals surface area contributed by atoms with E-state index >= 15 is 0 Å². The van der Waals surface area contributed by atoms with Crippen molar-refractivity contribution in [1.82, 2.24) is 4.98 Å². The first kappa shape index (κ1) is 12.8. The van der Waals surface area contributed by atoms with Crippen molar-refractivity contribution >= 4 is 11.7 Å². The zero-order valence-corrected chi connectivity index (χ0v) is 10.5. The number of aromatic carboxylic acids is 1. The summed E-state index contributed by atoms with van der Waals surface area (Å²) in [5, 5.41) is 8.80. The Morgan fingerprint density at radius 3 is 3.06 bits per heavy atom. The molecule has 0 bridgehead atoms. The largest absolute Gasteiger partial charge is 0.477 e. The van der Waals surface area contributed by atoms with Crippen LogP contribution in [0.25, 0.3) is 0 Å². The average Bonchev–Trinajstić information content (AvgIpc) is 2.39. The molecular weight excluding hydrogens is 232 g/mol. The third-order valence-electron chi connectivity index (χ3n) is 3.11. The Bertz CT molecular complexity index is 403. The molecule has 2 rings (SSSR count). The molecule has 1 N–H and O–H groups in total. The summed E-state index contributed by atoms with van der Waals surface area (Å²) in [6.45, 7) is 4.55. The Kier molecular flexibility index (Phi) is 4.15. The van der Waals surface area contributed by atoms with Crippen LogP contribution in [0.1, 0.15) is 30.3 Å². The first-order chi connectivity index (χ1) is 8.70. The van der Waals surface area contributed by atoms with E-state index in [0.29, 0.717) is 0 Å². The third-order valence-corrected chi connectivity index (χ3v) is 3.11. The van der Waals surface area contributed by atoms with Gasteiger partial charge in [-0.15, -0.1) is 0 Å². The van der Waals surface area contributed by atoms with Gasteiger partial charge in [-0.1, -0.05) is 0 Å². The van der Waals surface area contributed by atoms with Crippen molar-refractivity contribution in [3.05, 3.63) is 24.0 Å². The topological polar surface area (TPSA) is 62.7 Å². The molecule has 0 spiro atoms. The zero-order chi connectivity index (χ0) is 13.0. The van der Waals surface area contributed by atoms with Crippen LogP contribution in [0.15, 0.2) is 18.3 Å². The lowest BCUT2D eigenvalue weighted by molar-refractivity contribution is 0.0526. The molecule has 0 aromatic carbocycles. The normalized spacial score (nSPS) is 19.8. The van der Waals surface area contributed by atoms with E-state index in [1.165, 1.54) is 0 Å². The summed E-state index contributed by atoms with van der Waals surface area (Å²) in [7, 11) is 0. The smallest absolute Gasteiger partial charge is 0.354 e. The van der Waals surface area contributed by atoms with Gasteiger partial charge in [0, 0.05) is 19.7 Å². The van der Waals surface area contributed by atoms with Gasteiger partial charge in [-0.3, -0.25) is 0 Å². The highest BCUT2D eigenvalue weighted by atomic mass is 16.5. The molecule has 1 aliphatic heterocycles. The van der Waals surface area contributed by atoms with Gasteiger partial charge in [-0.05, 0) is 31.9 Å². The van der Waals surface area contributed by atoms with Gasteiger partial charge in [0.25, 0.3) is 0 Å². The van der Waals surface area contributed by atoms with Gasteiger partial charge in [0.05, 0.1) is 18.0 Å². The first-order valence-electron chi connectivity index (χ1n) is 6.26. The molecule has 0 amide bonds. The SMILES string of the molecule is CCOC1CCCN(c2ccc(C(=O)O)nc2)C1. The van der Waals surface area contributed by atoms with Gasteiger partial charge >= 0.3 is 5.97 Å². The molecule has 5 heteroatoms. The minimum absolute atomic E-state index is 0.0807. The molecule has 0 aliphatic carbocycles. The van der Waals surface area contributed by atoms with E-state index in [0.717, 1.165) is 38.2 Å². The molecule has 0 saturated carbocycles. The number of aromatic nitrogens is 1. The number of carbonyl (C=O) groups is 1. The van der Waals surface area contributed by atoms with Crippen LogP contribution in [-0.2, 0) is 4.74 Å². The van der Waals surface area contributed by atoms with Crippen molar-refractivity contribution in [3.63, 3.8) is 0 Å². The van der Waals surface area contributed by atoms with Crippen LogP contribution in [0.3, 0.4) is 0 Å². The maximum absolute atomic E-state index is 10.7. The van der Waals surface area contributed by atoms with Crippen molar-refractivity contribution in [3.8, 4) is 0 Å². The summed E-state index contributed by atoms with van der Waals surface area (Å²) in [5.41, 5.74) is 1.04. The Morgan fingerprint density at radius 1 is 1.61 bits per heavy atom. The fourth-order valence-corrected chi connectivity index (χ4v) is 2.24. The molecule has 18 heavy (non-hydrogen) atoms. The van der Waals surface area contributed by atoms with Crippen molar-refractivity contribution in [2.24, 2.45) is 0 Å². The standard InChI is InChI=1S/C13H18N2O3/c1-2-18-11-4-3-7-15(9-11)10-5-6-12(13(16)17)14-8-10/h5-6,8,11H,2-4,7,9H2,1H3,(H,16,17). The number of ether oxygens (including phenoxy) is 1. The summed E-state index contributed by atoms with van der Waals surface area (Å²) in [4.78, 5) is 16.9. The Labute approximate surface area is 106 Å². The Morgan fingerprint density at radius 2 is 2.44 bits per heavy atom. The van der Waals surface area contributed by atoms with E-state index in [-0.39, 0.29) is 11.8 Å². The molecular formula is C13H18N2O3. The van der Waals surface area contributed by atoms with Crippen LogP contribution >= 0.6 is 0 Å². The van der Waals surface area contributed by atoms with Gasteiger partial charge in [0.1, 0.15) is 5.69 Å². The van der Waals surface area contributed by atoms with Gasteiger partial charge in [0.15, 0.2) is 0 Å². The highest BCUT2D eigenvalue weighted by molar-refractivity contribution is 5.85. The van der Waals surface area contributed by atoms with Crippen molar-refractivity contribution < 1.29 is 14.6 Å². The molecule has 1 unspecified atom stereocenters. The van der Waals surface area contributed by atoms with Crippen LogP contribution in [0.2, 0.25) is 0 Å². The van der Waals surface area contributed by atoms with E-state index < -0.39 is 5.97 Å². The molecule has 98 valence electrons. The highest BCUT2D eigenvalue weighted by Crippen LogP contribution is 2.20. The molecule has 1 atom stereocenters. The lowest BCUT2D eigenvalue weighted by Gasteiger charge is -2.33. The second kappa shape index (κ2) is 5.82. The molecule has 1 aliphatic rings. The van der Waals surface area contributed by atoms with Crippen LogP contribution in [0.5, 0.6) is 0 Å². The van der Waals surface area contributed by atoms with E-state index in [9.17, 15) is 4.79 Å². The van der Waals surface area contributed by atoms with E-state index in [1.54, 1.807) is 12.3 Å². The number of pyridine rings is 1. The summed E-state index contributed by atoms with van der Waals surface area (Å²) in [5.74, 6) is -0.993. The number of rotatable bonds is 4. The fraction of sp³-hybridized carbons (Fsp3) is 0.538. The van der Waals surface area contributed by atoms with Crippen LogP contribution in [0.4, 0.5) is 5.69 Å². The minimum atomic E-state index is -0.993. The fourth-order valence-electron chi connectivity index (χ4n) is 2.24. The summed E-state index contributed by atoms with van der Waals surface area (Å²) in [6.07, 6.45) is 4.07. The number of carboxylic acid groups (broad SMARTS) is 1. The second-order valence-electron chi connectivity index (χ2n) is 4.37. The third kappa shape index (κ3) is 2.98. The van der Waals surface area contributed by atoms with Crippen LogP contribution in [-0.4, -0.2) is 41.9 Å². The molecule has 1 fully saturated rings. The highest BCUT2D eigenvalue weighted by Gasteiger charge is 2.20. The maximum Gasteiger partial charge on any atom is 0.354 e. The molecule has 1 saturated heterocycles. The number of carboxylic acids is 1. The average molecular weight is 250 g/mol. The molecule has 1 aromatic rings. The maximum atomic E-state index is 10.7. The van der Waals surface area contributed by atoms with Crippen molar-refractivity contribution in [2.75, 3.05) is 24.6 Å². The zero-order valence-electron chi connectivity index (χ0n) is 10.5. The van der Waals surface area contributed by atoms with Crippen LogP contribution < -0.4 is 4.90 Å². The molecule has 0 radical (unpaired) electrons. The predicted octanol–water partition coefficient (Wildman–Crippen LogP) is 1.79. The lowest BCUT2D eigenvalue weighted by atomic mass is 10.1. The van der Waals surface area contributed by atoms with E-state index in [1.807, 2.05) is 13.0 Å². The van der Waals surface area contributed by atoms with Crippen molar-refractivity contribution in [2.45, 2.75) is 25.9 Å². The summed E-state index contributed by atoms with van der Waals surface area (Å²) >= 11 is 0. The first-order valence-corrected chi connectivity index (χ1v) is 6.26. The van der Waals surface area contributed by atoms with Crippen LogP contribution in [0, 0.1) is 0 Å². The summed E-state index contributed by atoms with van der Waals surface area (Å²) in [6, 6.07) is 3.35. The van der Waals surface area contributed by atoms with E-state index in [2.05, 4.69) is 9.88 Å². The Hall–Kier alpha value is -1.62. The number of nitrogens with zero attached hydrogens (tertiary/aromatic N) is 2. The summed E-state index contributed by atoms with van der Waals surface area (Å²) < 4.78 is 5.64. The number of piperidine rings is 1. The molecule has 2 heterocycles. The number of hydrogen-bond donors (Lipinski definition) is 1. The number of hydrogen-bond acceptors (Lipinski definition) is 4. The minimum Gasteiger partial charge on any atom is -0.477 e. The lowest BCUT2D eigenvalue weighted by Crippen LogP contribution is -2.39. The van der Waals surface area contributed by atoms with Crippen molar-refractivity contribution in [1.29, 1.82) is 0 Å². The van der Waals surface area contributed by atoms with Gasteiger partial charge < -0.3 is 14.7 Å². The Balaban J connectivity index is 2.04. The quantitative estimate of drug-likeness (QED) is 0.882. The van der Waals surface area contributed by atoms with E-state index in [4.69, 9.17) is 9.84 Å². The predicted molar refractivity (Wildman–Crippen MR) is 68.1 cm³/mol. The molecule has 1 aromatic heterocycles. The van der Waals surface area contributed by atoms with Gasteiger partial charge in [0.2, 0.25) is 0 Å². The molecule has 5 nitrogen and oxygen atoms in total. The van der Waals surface area contributed by atoms with Gasteiger partial charge in [-0.2, -0.15) is 0 Å². The monoisotopic (exact) mass is 250 g/mol. The van der Waals surface area contributed by atoms with Gasteiger partial charge in [-0.25, -0.2) is 9.78 Å².